The molecule has 1 aliphatic rings. The van der Waals surface area contributed by atoms with Crippen molar-refractivity contribution in [2.24, 2.45) is 5.92 Å². The maximum atomic E-state index is 8.68. The fourth-order valence-corrected chi connectivity index (χ4v) is 1.93. The molecule has 0 aliphatic carbocycles. The summed E-state index contributed by atoms with van der Waals surface area (Å²) < 4.78 is 5.55. The van der Waals surface area contributed by atoms with Gasteiger partial charge in [-0.3, -0.25) is 0 Å². The molecule has 1 saturated heterocycles. The Morgan fingerprint density at radius 2 is 2.00 bits per heavy atom. The fourth-order valence-electron chi connectivity index (χ4n) is 1.93. The molecule has 1 aliphatic heterocycles. The molecule has 1 heterocycles. The minimum absolute atomic E-state index is 0.0714. The van der Waals surface area contributed by atoms with Gasteiger partial charge < -0.3 is 15.0 Å². The van der Waals surface area contributed by atoms with E-state index in [1.807, 2.05) is 19.1 Å². The van der Waals surface area contributed by atoms with E-state index in [1.54, 1.807) is 0 Å². The standard InChI is InChI=1S/C14H19N3O/c1-12(10-15)11-18-14-4-2-13(3-5-14)17-8-6-16-7-9-17/h2-5,12,16H,6-9,11H2,1H3. The summed E-state index contributed by atoms with van der Waals surface area (Å²) in [5.41, 5.74) is 1.23. The predicted molar refractivity (Wildman–Crippen MR) is 71.8 cm³/mol. The lowest BCUT2D eigenvalue weighted by Crippen LogP contribution is -2.43. The SMILES string of the molecule is CC(C#N)COc1ccc(N2CCNCC2)cc1. The van der Waals surface area contributed by atoms with Gasteiger partial charge in [0.2, 0.25) is 0 Å². The van der Waals surface area contributed by atoms with Crippen LogP contribution in [0.1, 0.15) is 6.92 Å². The summed E-state index contributed by atoms with van der Waals surface area (Å²) in [6.45, 7) is 6.48. The zero-order chi connectivity index (χ0) is 12.8. The van der Waals surface area contributed by atoms with E-state index in [0.29, 0.717) is 6.61 Å². The molecule has 1 aromatic rings. The van der Waals surface area contributed by atoms with E-state index in [-0.39, 0.29) is 5.92 Å². The van der Waals surface area contributed by atoms with Gasteiger partial charge in [-0.1, -0.05) is 0 Å². The zero-order valence-corrected chi connectivity index (χ0v) is 10.7. The summed E-state index contributed by atoms with van der Waals surface area (Å²) in [5, 5.41) is 12.0. The monoisotopic (exact) mass is 245 g/mol. The summed E-state index contributed by atoms with van der Waals surface area (Å²) in [7, 11) is 0. The summed E-state index contributed by atoms with van der Waals surface area (Å²) in [6.07, 6.45) is 0. The van der Waals surface area contributed by atoms with Crippen LogP contribution < -0.4 is 15.0 Å². The number of nitrogens with one attached hydrogen (secondary N) is 1. The van der Waals surface area contributed by atoms with Crippen molar-refractivity contribution in [2.75, 3.05) is 37.7 Å². The number of nitrogens with zero attached hydrogens (tertiary/aromatic N) is 2. The number of anilines is 1. The van der Waals surface area contributed by atoms with Gasteiger partial charge in [0.05, 0.1) is 12.0 Å². The highest BCUT2D eigenvalue weighted by atomic mass is 16.5. The number of nitriles is 1. The lowest BCUT2D eigenvalue weighted by molar-refractivity contribution is 0.288. The van der Waals surface area contributed by atoms with Gasteiger partial charge in [-0.15, -0.1) is 0 Å². The van der Waals surface area contributed by atoms with Crippen LogP contribution in [-0.2, 0) is 0 Å². The Morgan fingerprint density at radius 1 is 1.33 bits per heavy atom. The molecule has 1 fully saturated rings. The Hall–Kier alpha value is -1.73. The van der Waals surface area contributed by atoms with Crippen LogP contribution in [0.4, 0.5) is 5.69 Å². The number of hydrogen-bond acceptors (Lipinski definition) is 4. The molecular weight excluding hydrogens is 226 g/mol. The van der Waals surface area contributed by atoms with Crippen LogP contribution in [0.2, 0.25) is 0 Å². The molecule has 0 aromatic heterocycles. The predicted octanol–water partition coefficient (Wildman–Crippen LogP) is 1.63. The lowest BCUT2D eigenvalue weighted by atomic mass is 10.2. The van der Waals surface area contributed by atoms with Crippen molar-refractivity contribution in [2.45, 2.75) is 6.92 Å². The van der Waals surface area contributed by atoms with Crippen molar-refractivity contribution in [3.05, 3.63) is 24.3 Å². The first-order valence-electron chi connectivity index (χ1n) is 6.38. The van der Waals surface area contributed by atoms with Crippen molar-refractivity contribution >= 4 is 5.69 Å². The van der Waals surface area contributed by atoms with Crippen LogP contribution in [0.5, 0.6) is 5.75 Å². The van der Waals surface area contributed by atoms with E-state index in [9.17, 15) is 0 Å². The number of benzene rings is 1. The molecule has 1 unspecified atom stereocenters. The molecule has 1 aromatic carbocycles. The molecular formula is C14H19N3O. The number of piperazine rings is 1. The number of hydrogen-bond donors (Lipinski definition) is 1. The second-order valence-corrected chi connectivity index (χ2v) is 4.57. The Kier molecular flexibility index (Phi) is 4.43. The van der Waals surface area contributed by atoms with Gasteiger partial charge in [0.1, 0.15) is 12.4 Å². The molecule has 0 spiro atoms. The maximum absolute atomic E-state index is 8.68. The van der Waals surface area contributed by atoms with Crippen molar-refractivity contribution < 1.29 is 4.74 Å². The van der Waals surface area contributed by atoms with E-state index in [0.717, 1.165) is 31.9 Å². The fraction of sp³-hybridized carbons (Fsp3) is 0.500. The largest absolute Gasteiger partial charge is 0.492 e. The van der Waals surface area contributed by atoms with Crippen LogP contribution in [0, 0.1) is 17.2 Å². The molecule has 96 valence electrons. The quantitative estimate of drug-likeness (QED) is 0.876. The second kappa shape index (κ2) is 6.27. The van der Waals surface area contributed by atoms with Gasteiger partial charge in [-0.05, 0) is 31.2 Å². The van der Waals surface area contributed by atoms with E-state index in [4.69, 9.17) is 10.00 Å². The van der Waals surface area contributed by atoms with Gasteiger partial charge in [0.25, 0.3) is 0 Å². The number of ether oxygens (including phenoxy) is 1. The Balaban J connectivity index is 1.90. The van der Waals surface area contributed by atoms with Gasteiger partial charge in [0, 0.05) is 31.9 Å². The first kappa shape index (κ1) is 12.7. The first-order chi connectivity index (χ1) is 8.79. The molecule has 4 heteroatoms. The summed E-state index contributed by atoms with van der Waals surface area (Å²) in [4.78, 5) is 2.36. The van der Waals surface area contributed by atoms with Crippen LogP contribution in [0.15, 0.2) is 24.3 Å². The zero-order valence-electron chi connectivity index (χ0n) is 10.7. The van der Waals surface area contributed by atoms with E-state index >= 15 is 0 Å². The Morgan fingerprint density at radius 3 is 2.61 bits per heavy atom. The average Bonchev–Trinajstić information content (AvgIpc) is 2.46. The minimum Gasteiger partial charge on any atom is -0.492 e. The second-order valence-electron chi connectivity index (χ2n) is 4.57. The average molecular weight is 245 g/mol. The van der Waals surface area contributed by atoms with Crippen LogP contribution in [0.25, 0.3) is 0 Å². The highest BCUT2D eigenvalue weighted by molar-refractivity contribution is 5.49. The Labute approximate surface area is 108 Å². The smallest absolute Gasteiger partial charge is 0.119 e. The van der Waals surface area contributed by atoms with Gasteiger partial charge in [-0.25, -0.2) is 0 Å². The molecule has 1 N–H and O–H groups in total. The van der Waals surface area contributed by atoms with Crippen LogP contribution >= 0.6 is 0 Å². The van der Waals surface area contributed by atoms with Crippen molar-refractivity contribution in [1.82, 2.24) is 5.32 Å². The molecule has 0 amide bonds. The molecule has 0 bridgehead atoms. The third-order valence-electron chi connectivity index (χ3n) is 3.04. The summed E-state index contributed by atoms with van der Waals surface area (Å²) in [6, 6.07) is 10.3. The molecule has 0 radical (unpaired) electrons. The first-order valence-corrected chi connectivity index (χ1v) is 6.38. The molecule has 2 rings (SSSR count). The number of rotatable bonds is 4. The molecule has 4 nitrogen and oxygen atoms in total. The molecule has 1 atom stereocenters. The van der Waals surface area contributed by atoms with E-state index in [1.165, 1.54) is 5.69 Å². The maximum Gasteiger partial charge on any atom is 0.119 e. The lowest BCUT2D eigenvalue weighted by Gasteiger charge is -2.29. The summed E-state index contributed by atoms with van der Waals surface area (Å²) >= 11 is 0. The normalized spacial score (nSPS) is 17.0. The summed E-state index contributed by atoms with van der Waals surface area (Å²) in [5.74, 6) is 0.758. The van der Waals surface area contributed by atoms with Crippen molar-refractivity contribution in [1.29, 1.82) is 5.26 Å². The third kappa shape index (κ3) is 3.38. The topological polar surface area (TPSA) is 48.3 Å². The van der Waals surface area contributed by atoms with Crippen LogP contribution in [0.3, 0.4) is 0 Å². The van der Waals surface area contributed by atoms with E-state index in [2.05, 4.69) is 28.4 Å². The van der Waals surface area contributed by atoms with Gasteiger partial charge in [-0.2, -0.15) is 5.26 Å². The third-order valence-corrected chi connectivity index (χ3v) is 3.04. The highest BCUT2D eigenvalue weighted by Crippen LogP contribution is 2.20. The molecule has 0 saturated carbocycles. The highest BCUT2D eigenvalue weighted by Gasteiger charge is 2.10. The minimum atomic E-state index is -0.0714. The van der Waals surface area contributed by atoms with Crippen molar-refractivity contribution in [3.63, 3.8) is 0 Å². The van der Waals surface area contributed by atoms with Crippen molar-refractivity contribution in [3.8, 4) is 11.8 Å². The van der Waals surface area contributed by atoms with Crippen LogP contribution in [-0.4, -0.2) is 32.8 Å². The Bertz CT molecular complexity index is 404. The van der Waals surface area contributed by atoms with Gasteiger partial charge >= 0.3 is 0 Å². The van der Waals surface area contributed by atoms with Gasteiger partial charge in [0.15, 0.2) is 0 Å². The molecule has 18 heavy (non-hydrogen) atoms. The van der Waals surface area contributed by atoms with E-state index < -0.39 is 0 Å².